The van der Waals surface area contributed by atoms with Gasteiger partial charge >= 0.3 is 6.03 Å². The lowest BCUT2D eigenvalue weighted by Gasteiger charge is -2.09. The molecule has 0 atom stereocenters. The second-order valence-corrected chi connectivity index (χ2v) is 4.87. The maximum atomic E-state index is 11.5. The number of nitrogens with one attached hydrogen (secondary N) is 3. The molecule has 0 saturated heterocycles. The minimum absolute atomic E-state index is 0.0234. The molecule has 0 heterocycles. The predicted octanol–water partition coefficient (Wildman–Crippen LogP) is 1.89. The van der Waals surface area contributed by atoms with E-state index in [1.165, 1.54) is 0 Å². The van der Waals surface area contributed by atoms with Crippen LogP contribution in [0.1, 0.15) is 19.4 Å². The highest BCUT2D eigenvalue weighted by Crippen LogP contribution is 2.07. The smallest absolute Gasteiger partial charge is 0.319 e. The normalized spacial score (nSPS) is 10.1. The summed E-state index contributed by atoms with van der Waals surface area (Å²) in [6.07, 6.45) is 0. The Balaban J connectivity index is 2.28. The minimum atomic E-state index is -0.386. The molecule has 5 nitrogen and oxygen atoms in total. The predicted molar refractivity (Wildman–Crippen MR) is 76.0 cm³/mol. The maximum Gasteiger partial charge on any atom is 0.319 e. The van der Waals surface area contributed by atoms with E-state index in [0.29, 0.717) is 18.2 Å². The molecule has 3 amide bonds. The van der Waals surface area contributed by atoms with E-state index in [-0.39, 0.29) is 18.5 Å². The fourth-order valence-corrected chi connectivity index (χ4v) is 1.35. The van der Waals surface area contributed by atoms with Crippen molar-refractivity contribution < 1.29 is 9.59 Å². The van der Waals surface area contributed by atoms with Gasteiger partial charge in [-0.05, 0) is 25.0 Å². The molecule has 0 radical (unpaired) electrons. The van der Waals surface area contributed by atoms with Crippen LogP contribution in [0.3, 0.4) is 0 Å². The zero-order valence-electron chi connectivity index (χ0n) is 11.6. The van der Waals surface area contributed by atoms with E-state index >= 15 is 0 Å². The Morgan fingerprint density at radius 1 is 1.11 bits per heavy atom. The van der Waals surface area contributed by atoms with Crippen molar-refractivity contribution in [3.8, 4) is 0 Å². The number of rotatable bonds is 5. The molecule has 5 heteroatoms. The van der Waals surface area contributed by atoms with Crippen molar-refractivity contribution in [2.45, 2.75) is 20.8 Å². The molecule has 1 aromatic carbocycles. The highest BCUT2D eigenvalue weighted by atomic mass is 16.2. The summed E-state index contributed by atoms with van der Waals surface area (Å²) in [5.74, 6) is 0.207. The first-order valence-electron chi connectivity index (χ1n) is 6.35. The molecule has 0 unspecified atom stereocenters. The molecular weight excluding hydrogens is 242 g/mol. The lowest BCUT2D eigenvalue weighted by molar-refractivity contribution is -0.120. The van der Waals surface area contributed by atoms with E-state index in [9.17, 15) is 9.59 Å². The van der Waals surface area contributed by atoms with Crippen molar-refractivity contribution in [1.29, 1.82) is 0 Å². The Bertz CT molecular complexity index is 427. The molecule has 0 bridgehead atoms. The van der Waals surface area contributed by atoms with Crippen molar-refractivity contribution in [1.82, 2.24) is 10.6 Å². The van der Waals surface area contributed by atoms with E-state index in [1.54, 1.807) is 0 Å². The topological polar surface area (TPSA) is 70.2 Å². The minimum Gasteiger partial charge on any atom is -0.354 e. The second kappa shape index (κ2) is 7.41. The lowest BCUT2D eigenvalue weighted by Crippen LogP contribution is -2.39. The molecular formula is C14H21N3O2. The van der Waals surface area contributed by atoms with Gasteiger partial charge in [0.05, 0.1) is 6.54 Å². The number of carbonyl (C=O) groups excluding carboxylic acids is 2. The molecule has 0 saturated carbocycles. The van der Waals surface area contributed by atoms with Gasteiger partial charge in [-0.1, -0.05) is 31.5 Å². The summed E-state index contributed by atoms with van der Waals surface area (Å²) in [5, 5.41) is 7.89. The number of urea groups is 1. The maximum absolute atomic E-state index is 11.5. The van der Waals surface area contributed by atoms with Crippen LogP contribution in [-0.4, -0.2) is 25.0 Å². The fraction of sp³-hybridized carbons (Fsp3) is 0.429. The number of anilines is 1. The zero-order valence-corrected chi connectivity index (χ0v) is 11.6. The largest absolute Gasteiger partial charge is 0.354 e. The van der Waals surface area contributed by atoms with Crippen LogP contribution in [-0.2, 0) is 4.79 Å². The van der Waals surface area contributed by atoms with Crippen molar-refractivity contribution in [3.05, 3.63) is 29.8 Å². The van der Waals surface area contributed by atoms with Crippen LogP contribution in [0.5, 0.6) is 0 Å². The summed E-state index contributed by atoms with van der Waals surface area (Å²) in [6.45, 7) is 6.59. The Morgan fingerprint density at radius 3 is 2.32 bits per heavy atom. The summed E-state index contributed by atoms with van der Waals surface area (Å²) in [5.41, 5.74) is 1.82. The van der Waals surface area contributed by atoms with Gasteiger partial charge < -0.3 is 16.0 Å². The average molecular weight is 263 g/mol. The molecule has 0 aromatic heterocycles. The van der Waals surface area contributed by atoms with Gasteiger partial charge in [0.15, 0.2) is 0 Å². The van der Waals surface area contributed by atoms with Crippen molar-refractivity contribution >= 4 is 17.6 Å². The first kappa shape index (κ1) is 15.0. The van der Waals surface area contributed by atoms with Gasteiger partial charge in [0, 0.05) is 12.2 Å². The molecule has 0 fully saturated rings. The Kier molecular flexibility index (Phi) is 5.85. The van der Waals surface area contributed by atoms with E-state index in [2.05, 4.69) is 16.0 Å². The summed E-state index contributed by atoms with van der Waals surface area (Å²) >= 11 is 0. The molecule has 1 aromatic rings. The highest BCUT2D eigenvalue weighted by Gasteiger charge is 2.05. The van der Waals surface area contributed by atoms with Gasteiger partial charge in [0.1, 0.15) is 0 Å². The molecule has 0 aliphatic rings. The van der Waals surface area contributed by atoms with Gasteiger partial charge in [0.2, 0.25) is 5.91 Å². The molecule has 0 spiro atoms. The monoisotopic (exact) mass is 263 g/mol. The highest BCUT2D eigenvalue weighted by molar-refractivity contribution is 5.92. The second-order valence-electron chi connectivity index (χ2n) is 4.87. The summed E-state index contributed by atoms with van der Waals surface area (Å²) in [6, 6.07) is 7.06. The van der Waals surface area contributed by atoms with Crippen LogP contribution in [0.25, 0.3) is 0 Å². The fourth-order valence-electron chi connectivity index (χ4n) is 1.35. The Hall–Kier alpha value is -2.04. The first-order valence-corrected chi connectivity index (χ1v) is 6.35. The van der Waals surface area contributed by atoms with Gasteiger partial charge in [-0.25, -0.2) is 4.79 Å². The van der Waals surface area contributed by atoms with Crippen LogP contribution in [0.2, 0.25) is 0 Å². The third kappa shape index (κ3) is 6.45. The van der Waals surface area contributed by atoms with Gasteiger partial charge in [-0.15, -0.1) is 0 Å². The molecule has 0 aliphatic heterocycles. The SMILES string of the molecule is Cc1ccc(NC(=O)NCC(=O)NCC(C)C)cc1. The Labute approximate surface area is 113 Å². The van der Waals surface area contributed by atoms with Crippen LogP contribution in [0, 0.1) is 12.8 Å². The summed E-state index contributed by atoms with van der Waals surface area (Å²) in [7, 11) is 0. The third-order valence-corrected chi connectivity index (χ3v) is 2.43. The van der Waals surface area contributed by atoms with Crippen LogP contribution in [0.15, 0.2) is 24.3 Å². The molecule has 104 valence electrons. The number of carbonyl (C=O) groups is 2. The first-order chi connectivity index (χ1) is 8.97. The number of amides is 3. The van der Waals surface area contributed by atoms with Crippen LogP contribution < -0.4 is 16.0 Å². The standard InChI is InChI=1S/C14H21N3O2/c1-10(2)8-15-13(18)9-16-14(19)17-12-6-4-11(3)5-7-12/h4-7,10H,8-9H2,1-3H3,(H,15,18)(H2,16,17,19). The number of hydrogen-bond donors (Lipinski definition) is 3. The number of hydrogen-bond acceptors (Lipinski definition) is 2. The van der Waals surface area contributed by atoms with Crippen LogP contribution >= 0.6 is 0 Å². The van der Waals surface area contributed by atoms with Crippen molar-refractivity contribution in [2.24, 2.45) is 5.92 Å². The van der Waals surface area contributed by atoms with Gasteiger partial charge in [-0.3, -0.25) is 4.79 Å². The van der Waals surface area contributed by atoms with Crippen molar-refractivity contribution in [3.63, 3.8) is 0 Å². The van der Waals surface area contributed by atoms with E-state index < -0.39 is 0 Å². The quantitative estimate of drug-likeness (QED) is 0.759. The van der Waals surface area contributed by atoms with Gasteiger partial charge in [0.25, 0.3) is 0 Å². The summed E-state index contributed by atoms with van der Waals surface area (Å²) in [4.78, 5) is 22.9. The van der Waals surface area contributed by atoms with Gasteiger partial charge in [-0.2, -0.15) is 0 Å². The number of aryl methyl sites for hydroxylation is 1. The third-order valence-electron chi connectivity index (χ3n) is 2.43. The lowest BCUT2D eigenvalue weighted by atomic mass is 10.2. The summed E-state index contributed by atoms with van der Waals surface area (Å²) < 4.78 is 0. The molecule has 19 heavy (non-hydrogen) atoms. The van der Waals surface area contributed by atoms with E-state index in [0.717, 1.165) is 5.56 Å². The van der Waals surface area contributed by atoms with Crippen molar-refractivity contribution in [2.75, 3.05) is 18.4 Å². The molecule has 0 aliphatic carbocycles. The Morgan fingerprint density at radius 2 is 1.74 bits per heavy atom. The molecule has 3 N–H and O–H groups in total. The number of benzene rings is 1. The van der Waals surface area contributed by atoms with E-state index in [1.807, 2.05) is 45.0 Å². The van der Waals surface area contributed by atoms with Crippen LogP contribution in [0.4, 0.5) is 10.5 Å². The molecule has 1 rings (SSSR count). The van der Waals surface area contributed by atoms with E-state index in [4.69, 9.17) is 0 Å². The average Bonchev–Trinajstić information content (AvgIpc) is 2.36. The zero-order chi connectivity index (χ0) is 14.3.